The van der Waals surface area contributed by atoms with Crippen LogP contribution in [0.1, 0.15) is 6.42 Å². The van der Waals surface area contributed by atoms with Gasteiger partial charge in [0.2, 0.25) is 0 Å². The van der Waals surface area contributed by atoms with Gasteiger partial charge in [0, 0.05) is 13.5 Å². The molecule has 0 amide bonds. The fraction of sp³-hybridized carbons (Fsp3) is 1.00. The van der Waals surface area contributed by atoms with Crippen molar-refractivity contribution in [1.29, 1.82) is 0 Å². The summed E-state index contributed by atoms with van der Waals surface area (Å²) in [5.74, 6) is 0. The molecule has 9 atom stereocenters. The van der Waals surface area contributed by atoms with Crippen LogP contribution in [0.15, 0.2) is 0 Å². The molecule has 0 aromatic rings. The summed E-state index contributed by atoms with van der Waals surface area (Å²) in [7, 11) is 1.28. The lowest BCUT2D eigenvalue weighted by molar-refractivity contribution is -0.325. The zero-order chi connectivity index (χ0) is 17.9. The van der Waals surface area contributed by atoms with Crippen LogP contribution in [0.3, 0.4) is 0 Å². The van der Waals surface area contributed by atoms with Gasteiger partial charge in [0.05, 0.1) is 19.3 Å². The van der Waals surface area contributed by atoms with Crippen LogP contribution in [-0.4, -0.2) is 101 Å². The zero-order valence-corrected chi connectivity index (χ0v) is 13.9. The average Bonchev–Trinajstić information content (AvgIpc) is 2.85. The van der Waals surface area contributed by atoms with E-state index in [-0.39, 0.29) is 13.0 Å². The van der Waals surface area contributed by atoms with Gasteiger partial charge in [0.1, 0.15) is 36.6 Å². The average molecular weight is 372 g/mol. The first kappa shape index (κ1) is 20.3. The molecule has 142 valence electrons. The SMILES string of the molecule is CO[C@H]1O[C@H](CO)[C@@H](O[C@@H]2O[C@H](CCOS)[C@H](O)[C@H]2O)[C@H](O)[C@@H]1O. The van der Waals surface area contributed by atoms with Crippen LogP contribution in [-0.2, 0) is 23.1 Å². The Morgan fingerprint density at radius 1 is 0.917 bits per heavy atom. The van der Waals surface area contributed by atoms with E-state index in [9.17, 15) is 25.5 Å². The maximum Gasteiger partial charge on any atom is 0.187 e. The molecule has 11 heteroatoms. The molecule has 2 saturated heterocycles. The minimum Gasteiger partial charge on any atom is -0.394 e. The molecule has 2 aliphatic heterocycles. The van der Waals surface area contributed by atoms with Gasteiger partial charge >= 0.3 is 0 Å². The third-order valence-electron chi connectivity index (χ3n) is 4.16. The number of ether oxygens (including phenoxy) is 4. The second-order valence-electron chi connectivity index (χ2n) is 5.69. The minimum atomic E-state index is -1.45. The number of aliphatic hydroxyl groups is 5. The molecule has 2 aliphatic rings. The summed E-state index contributed by atoms with van der Waals surface area (Å²) in [4.78, 5) is 0. The number of rotatable bonds is 7. The lowest BCUT2D eigenvalue weighted by Crippen LogP contribution is -2.61. The van der Waals surface area contributed by atoms with E-state index in [1.54, 1.807) is 0 Å². The van der Waals surface area contributed by atoms with Crippen molar-refractivity contribution in [2.45, 2.75) is 61.7 Å². The molecule has 2 rings (SSSR count). The molecule has 0 radical (unpaired) electrons. The van der Waals surface area contributed by atoms with Crippen molar-refractivity contribution >= 4 is 12.9 Å². The van der Waals surface area contributed by atoms with Crippen LogP contribution in [0.2, 0.25) is 0 Å². The summed E-state index contributed by atoms with van der Waals surface area (Å²) < 4.78 is 25.7. The first-order chi connectivity index (χ1) is 11.4. The standard InChI is InChI=1S/C13H24O10S/c1-19-12-10(18)8(16)11(6(4-14)22-12)23-13-9(17)7(15)5(21-13)2-3-20-24/h5-18,24H,2-4H2,1H3/t5-,6-,7+,8-,9-,10+,11-,12+,13+/m1/s1. The molecule has 0 aromatic carbocycles. The maximum atomic E-state index is 10.2. The van der Waals surface area contributed by atoms with Gasteiger partial charge in [-0.15, -0.1) is 0 Å². The number of thiol groups is 1. The summed E-state index contributed by atoms with van der Waals surface area (Å²) in [6.07, 6.45) is -10.5. The van der Waals surface area contributed by atoms with E-state index in [0.717, 1.165) is 0 Å². The Bertz CT molecular complexity index is 386. The van der Waals surface area contributed by atoms with Gasteiger partial charge in [0.15, 0.2) is 12.6 Å². The minimum absolute atomic E-state index is 0.187. The Labute approximate surface area is 144 Å². The molecule has 0 aliphatic carbocycles. The predicted molar refractivity (Wildman–Crippen MR) is 79.9 cm³/mol. The Morgan fingerprint density at radius 2 is 1.54 bits per heavy atom. The van der Waals surface area contributed by atoms with Crippen molar-refractivity contribution in [1.82, 2.24) is 0 Å². The first-order valence-electron chi connectivity index (χ1n) is 7.53. The van der Waals surface area contributed by atoms with Crippen molar-refractivity contribution in [2.75, 3.05) is 20.3 Å². The van der Waals surface area contributed by atoms with E-state index in [4.69, 9.17) is 18.9 Å². The summed E-state index contributed by atoms with van der Waals surface area (Å²) in [6.45, 7) is -0.330. The van der Waals surface area contributed by atoms with Gasteiger partial charge in [-0.25, -0.2) is 0 Å². The van der Waals surface area contributed by atoms with Gasteiger partial charge in [-0.2, -0.15) is 0 Å². The fourth-order valence-corrected chi connectivity index (χ4v) is 2.91. The van der Waals surface area contributed by atoms with Crippen LogP contribution in [0.5, 0.6) is 0 Å². The van der Waals surface area contributed by atoms with Crippen LogP contribution in [0.25, 0.3) is 0 Å². The van der Waals surface area contributed by atoms with E-state index in [2.05, 4.69) is 17.1 Å². The van der Waals surface area contributed by atoms with Crippen molar-refractivity contribution in [3.63, 3.8) is 0 Å². The molecular weight excluding hydrogens is 348 g/mol. The van der Waals surface area contributed by atoms with Crippen LogP contribution >= 0.6 is 12.9 Å². The van der Waals surface area contributed by atoms with Crippen molar-refractivity contribution in [2.24, 2.45) is 0 Å². The van der Waals surface area contributed by atoms with E-state index >= 15 is 0 Å². The third kappa shape index (κ3) is 4.19. The quantitative estimate of drug-likeness (QED) is 0.204. The number of methoxy groups -OCH3 is 1. The molecule has 2 heterocycles. The van der Waals surface area contributed by atoms with Crippen LogP contribution in [0.4, 0.5) is 0 Å². The molecule has 0 saturated carbocycles. The highest BCUT2D eigenvalue weighted by Crippen LogP contribution is 2.30. The molecule has 0 unspecified atom stereocenters. The Balaban J connectivity index is 2.02. The molecular formula is C13H24O10S. The lowest BCUT2D eigenvalue weighted by atomic mass is 9.99. The fourth-order valence-electron chi connectivity index (χ4n) is 2.80. The monoisotopic (exact) mass is 372 g/mol. The summed E-state index contributed by atoms with van der Waals surface area (Å²) in [6, 6.07) is 0. The topological polar surface area (TPSA) is 147 Å². The number of aliphatic hydroxyl groups excluding tert-OH is 5. The molecule has 0 bridgehead atoms. The molecule has 0 aromatic heterocycles. The summed E-state index contributed by atoms with van der Waals surface area (Å²) in [5, 5.41) is 49.5. The van der Waals surface area contributed by atoms with Gasteiger partial charge in [-0.1, -0.05) is 0 Å². The largest absolute Gasteiger partial charge is 0.394 e. The van der Waals surface area contributed by atoms with Gasteiger partial charge in [-0.3, -0.25) is 0 Å². The van der Waals surface area contributed by atoms with Crippen molar-refractivity contribution in [3.05, 3.63) is 0 Å². The summed E-state index contributed by atoms with van der Waals surface area (Å²) >= 11 is 3.59. The van der Waals surface area contributed by atoms with Gasteiger partial charge in [-0.05, 0) is 12.9 Å². The third-order valence-corrected chi connectivity index (χ3v) is 4.34. The smallest absolute Gasteiger partial charge is 0.187 e. The van der Waals surface area contributed by atoms with E-state index in [1.165, 1.54) is 7.11 Å². The molecule has 0 spiro atoms. The second kappa shape index (κ2) is 9.05. The van der Waals surface area contributed by atoms with Gasteiger partial charge < -0.3 is 48.7 Å². The van der Waals surface area contributed by atoms with Gasteiger partial charge in [0.25, 0.3) is 0 Å². The zero-order valence-electron chi connectivity index (χ0n) is 13.0. The van der Waals surface area contributed by atoms with Crippen molar-refractivity contribution in [3.8, 4) is 0 Å². The summed E-state index contributed by atoms with van der Waals surface area (Å²) in [5.41, 5.74) is 0. The Kier molecular flexibility index (Phi) is 7.64. The molecule has 24 heavy (non-hydrogen) atoms. The van der Waals surface area contributed by atoms with Crippen LogP contribution in [0, 0.1) is 0 Å². The van der Waals surface area contributed by atoms with E-state index < -0.39 is 61.9 Å². The highest BCUT2D eigenvalue weighted by molar-refractivity contribution is 7.75. The van der Waals surface area contributed by atoms with Crippen molar-refractivity contribution < 1.29 is 48.7 Å². The normalized spacial score (nSPS) is 46.4. The molecule has 2 fully saturated rings. The van der Waals surface area contributed by atoms with E-state index in [1.807, 2.05) is 0 Å². The Morgan fingerprint density at radius 3 is 2.12 bits per heavy atom. The second-order valence-corrected chi connectivity index (χ2v) is 5.95. The Hall–Kier alpha value is -0.0500. The predicted octanol–water partition coefficient (Wildman–Crippen LogP) is -2.84. The number of hydrogen-bond acceptors (Lipinski definition) is 11. The highest BCUT2D eigenvalue weighted by Gasteiger charge is 2.50. The van der Waals surface area contributed by atoms with Crippen LogP contribution < -0.4 is 0 Å². The number of hydrogen-bond donors (Lipinski definition) is 6. The lowest BCUT2D eigenvalue weighted by Gasteiger charge is -2.42. The highest BCUT2D eigenvalue weighted by atomic mass is 32.1. The maximum absolute atomic E-state index is 10.2. The van der Waals surface area contributed by atoms with E-state index in [0.29, 0.717) is 0 Å². The molecule has 5 N–H and O–H groups in total. The molecule has 10 nitrogen and oxygen atoms in total. The first-order valence-corrected chi connectivity index (χ1v) is 7.89.